The number of hydrogen-bond acceptors (Lipinski definition) is 1. The van der Waals surface area contributed by atoms with Gasteiger partial charge in [0.05, 0.1) is 11.8 Å². The molecule has 5 rings (SSSR count). The van der Waals surface area contributed by atoms with E-state index in [0.717, 1.165) is 5.71 Å². The normalized spacial score (nSPS) is 36.6. The Balaban J connectivity index is 1.38. The Morgan fingerprint density at radius 2 is 2.12 bits per heavy atom. The van der Waals surface area contributed by atoms with E-state index < -0.39 is 0 Å². The fraction of sp³-hybridized carbons (Fsp3) is 0.429. The molecule has 0 aromatic heterocycles. The highest BCUT2D eigenvalue weighted by Crippen LogP contribution is 2.48. The van der Waals surface area contributed by atoms with E-state index in [2.05, 4.69) is 46.8 Å². The lowest BCUT2D eigenvalue weighted by atomic mass is 9.64. The SMILES string of the molecule is O=C1N=C2C=CC(C3CCC4=C[C]=C5C=CCCC5C4C3)=CC2N1. The number of nitrogens with zero attached hydrogens (tertiary/aromatic N) is 1. The maximum absolute atomic E-state index is 11.5. The first-order valence-electron chi connectivity index (χ1n) is 9.05. The van der Waals surface area contributed by atoms with Crippen molar-refractivity contribution in [2.24, 2.45) is 22.7 Å². The van der Waals surface area contributed by atoms with Crippen molar-refractivity contribution in [3.8, 4) is 0 Å². The van der Waals surface area contributed by atoms with Gasteiger partial charge >= 0.3 is 6.03 Å². The molecule has 4 aliphatic carbocycles. The fourth-order valence-electron chi connectivity index (χ4n) is 4.92. The van der Waals surface area contributed by atoms with Crippen molar-refractivity contribution in [3.63, 3.8) is 0 Å². The predicted molar refractivity (Wildman–Crippen MR) is 94.5 cm³/mol. The molecule has 4 unspecified atom stereocenters. The number of nitrogens with one attached hydrogen (secondary N) is 1. The number of rotatable bonds is 1. The van der Waals surface area contributed by atoms with E-state index in [1.165, 1.54) is 43.3 Å². The molecule has 4 atom stereocenters. The summed E-state index contributed by atoms with van der Waals surface area (Å²) in [6.07, 6.45) is 22.8. The molecule has 121 valence electrons. The molecule has 1 N–H and O–H groups in total. The van der Waals surface area contributed by atoms with Gasteiger partial charge in [-0.25, -0.2) is 4.79 Å². The van der Waals surface area contributed by atoms with Crippen LogP contribution in [0.25, 0.3) is 0 Å². The molecule has 3 nitrogen and oxygen atoms in total. The third-order valence-electron chi connectivity index (χ3n) is 6.15. The first kappa shape index (κ1) is 14.2. The molecule has 5 aliphatic rings. The molecule has 1 heterocycles. The highest BCUT2D eigenvalue weighted by Gasteiger charge is 2.37. The van der Waals surface area contributed by atoms with Crippen LogP contribution in [0.2, 0.25) is 0 Å². The zero-order valence-corrected chi connectivity index (χ0v) is 13.7. The molecule has 24 heavy (non-hydrogen) atoms. The third-order valence-corrected chi connectivity index (χ3v) is 6.15. The smallest absolute Gasteiger partial charge is 0.324 e. The summed E-state index contributed by atoms with van der Waals surface area (Å²) in [6, 6.07) is -0.222. The summed E-state index contributed by atoms with van der Waals surface area (Å²) in [5, 5.41) is 2.92. The minimum absolute atomic E-state index is 0.0119. The summed E-state index contributed by atoms with van der Waals surface area (Å²) in [5.74, 6) is 1.93. The van der Waals surface area contributed by atoms with Crippen molar-refractivity contribution in [3.05, 3.63) is 59.3 Å². The second kappa shape index (κ2) is 5.44. The van der Waals surface area contributed by atoms with Crippen molar-refractivity contribution in [1.82, 2.24) is 5.32 Å². The van der Waals surface area contributed by atoms with Gasteiger partial charge in [-0.2, -0.15) is 4.99 Å². The van der Waals surface area contributed by atoms with Gasteiger partial charge in [0.25, 0.3) is 0 Å². The van der Waals surface area contributed by atoms with Crippen LogP contribution in [0, 0.1) is 23.8 Å². The van der Waals surface area contributed by atoms with E-state index in [9.17, 15) is 4.79 Å². The standard InChI is InChI=1S/C21H21N2O/c24-21-22-19-10-9-16(12-20(19)23-21)15-8-7-14-6-5-13-3-1-2-4-17(13)18(14)11-15/h1,3,6,9-10,12,15,17-18,20H,2,4,7-8,11H2,(H,23,24). The Kier molecular flexibility index (Phi) is 3.22. The van der Waals surface area contributed by atoms with E-state index in [0.29, 0.717) is 17.8 Å². The van der Waals surface area contributed by atoms with Crippen LogP contribution >= 0.6 is 0 Å². The molecule has 1 radical (unpaired) electrons. The van der Waals surface area contributed by atoms with Gasteiger partial charge in [-0.1, -0.05) is 36.0 Å². The van der Waals surface area contributed by atoms with E-state index >= 15 is 0 Å². The van der Waals surface area contributed by atoms with Gasteiger partial charge in [0, 0.05) is 0 Å². The number of hydrogen-bond donors (Lipinski definition) is 1. The summed E-state index contributed by atoms with van der Waals surface area (Å²) in [7, 11) is 0. The molecule has 0 bridgehead atoms. The topological polar surface area (TPSA) is 41.5 Å². The second-order valence-electron chi connectivity index (χ2n) is 7.45. The lowest BCUT2D eigenvalue weighted by molar-refractivity contribution is 0.251. The Morgan fingerprint density at radius 3 is 3.08 bits per heavy atom. The number of carbonyl (C=O) groups excluding carboxylic acids is 1. The van der Waals surface area contributed by atoms with Crippen molar-refractivity contribution in [2.45, 2.75) is 38.1 Å². The average molecular weight is 317 g/mol. The Labute approximate surface area is 142 Å². The lowest BCUT2D eigenvalue weighted by Gasteiger charge is -2.41. The molecular formula is C21H21N2O. The minimum atomic E-state index is -0.211. The molecule has 3 heteroatoms. The zero-order chi connectivity index (χ0) is 16.1. The van der Waals surface area contributed by atoms with E-state index in [-0.39, 0.29) is 12.1 Å². The molecule has 2 amide bonds. The van der Waals surface area contributed by atoms with Crippen molar-refractivity contribution >= 4 is 11.7 Å². The van der Waals surface area contributed by atoms with Crippen LogP contribution < -0.4 is 5.32 Å². The first-order chi connectivity index (χ1) is 11.8. The van der Waals surface area contributed by atoms with Gasteiger partial charge in [0.2, 0.25) is 0 Å². The van der Waals surface area contributed by atoms with E-state index in [1.54, 1.807) is 5.57 Å². The second-order valence-corrected chi connectivity index (χ2v) is 7.45. The predicted octanol–water partition coefficient (Wildman–Crippen LogP) is 4.07. The van der Waals surface area contributed by atoms with E-state index in [4.69, 9.17) is 0 Å². The number of carbonyl (C=O) groups is 1. The highest BCUT2D eigenvalue weighted by atomic mass is 16.2. The van der Waals surface area contributed by atoms with Gasteiger partial charge in [0.15, 0.2) is 0 Å². The quantitative estimate of drug-likeness (QED) is 0.778. The van der Waals surface area contributed by atoms with Crippen LogP contribution in [0.4, 0.5) is 4.79 Å². The number of aliphatic imine (C=N–C) groups is 1. The average Bonchev–Trinajstić information content (AvgIpc) is 3.00. The van der Waals surface area contributed by atoms with Crippen LogP contribution in [0.5, 0.6) is 0 Å². The number of allylic oxidation sites excluding steroid dienone is 8. The monoisotopic (exact) mass is 317 g/mol. The molecule has 0 saturated heterocycles. The van der Waals surface area contributed by atoms with Gasteiger partial charge < -0.3 is 5.32 Å². The van der Waals surface area contributed by atoms with Crippen LogP contribution in [-0.4, -0.2) is 17.8 Å². The lowest BCUT2D eigenvalue weighted by Crippen LogP contribution is -2.33. The molecule has 1 fully saturated rings. The molecule has 0 aromatic carbocycles. The number of amides is 2. The Hall–Kier alpha value is -2.16. The van der Waals surface area contributed by atoms with Crippen LogP contribution in [0.1, 0.15) is 32.1 Å². The van der Waals surface area contributed by atoms with Crippen molar-refractivity contribution < 1.29 is 4.79 Å². The van der Waals surface area contributed by atoms with Crippen LogP contribution in [0.3, 0.4) is 0 Å². The summed E-state index contributed by atoms with van der Waals surface area (Å²) < 4.78 is 0. The maximum Gasteiger partial charge on any atom is 0.342 e. The first-order valence-corrected chi connectivity index (χ1v) is 9.05. The van der Waals surface area contributed by atoms with Crippen LogP contribution in [0.15, 0.2) is 58.2 Å². The van der Waals surface area contributed by atoms with Gasteiger partial charge in [-0.3, -0.25) is 0 Å². The van der Waals surface area contributed by atoms with Gasteiger partial charge in [-0.05, 0) is 73.2 Å². The zero-order valence-electron chi connectivity index (χ0n) is 13.7. The Bertz CT molecular complexity index is 778. The molecule has 0 aromatic rings. The van der Waals surface area contributed by atoms with Crippen molar-refractivity contribution in [1.29, 1.82) is 0 Å². The summed E-state index contributed by atoms with van der Waals surface area (Å²) in [6.45, 7) is 0. The van der Waals surface area contributed by atoms with Gasteiger partial charge in [0.1, 0.15) is 0 Å². The fourth-order valence-corrected chi connectivity index (χ4v) is 4.92. The summed E-state index contributed by atoms with van der Waals surface area (Å²) >= 11 is 0. The molecule has 1 aliphatic heterocycles. The third kappa shape index (κ3) is 2.26. The molecule has 1 saturated carbocycles. The van der Waals surface area contributed by atoms with E-state index in [1.807, 2.05) is 6.08 Å². The number of urea groups is 1. The summed E-state index contributed by atoms with van der Waals surface area (Å²) in [5.41, 5.74) is 5.25. The largest absolute Gasteiger partial charge is 0.342 e. The highest BCUT2D eigenvalue weighted by molar-refractivity contribution is 6.12. The molecule has 0 spiro atoms. The number of fused-ring (bicyclic) bond motifs is 4. The molecular weight excluding hydrogens is 296 g/mol. The van der Waals surface area contributed by atoms with Crippen LogP contribution in [-0.2, 0) is 0 Å². The Morgan fingerprint density at radius 1 is 1.17 bits per heavy atom. The van der Waals surface area contributed by atoms with Gasteiger partial charge in [-0.15, -0.1) is 0 Å². The summed E-state index contributed by atoms with van der Waals surface area (Å²) in [4.78, 5) is 15.5. The van der Waals surface area contributed by atoms with Crippen molar-refractivity contribution in [2.75, 3.05) is 0 Å². The maximum atomic E-state index is 11.5. The minimum Gasteiger partial charge on any atom is -0.324 e.